The zero-order valence-corrected chi connectivity index (χ0v) is 9.18. The summed E-state index contributed by atoms with van der Waals surface area (Å²) >= 11 is 0. The number of rotatable bonds is 2. The number of alkyl halides is 3. The third-order valence-corrected chi connectivity index (χ3v) is 2.00. The molecule has 0 radical (unpaired) electrons. The summed E-state index contributed by atoms with van der Waals surface area (Å²) in [6, 6.07) is 4.10. The van der Waals surface area contributed by atoms with Crippen molar-refractivity contribution >= 4 is 30.7 Å². The van der Waals surface area contributed by atoms with Crippen LogP contribution in [0.2, 0.25) is 0 Å². The van der Waals surface area contributed by atoms with E-state index in [1.54, 1.807) is 13.2 Å². The second kappa shape index (κ2) is 4.61. The van der Waals surface area contributed by atoms with Gasteiger partial charge in [-0.05, 0) is 19.1 Å². The number of amides is 1. The van der Waals surface area contributed by atoms with Gasteiger partial charge < -0.3 is 5.32 Å². The maximum atomic E-state index is 12.0. The van der Waals surface area contributed by atoms with Gasteiger partial charge in [0.25, 0.3) is 0 Å². The Kier molecular flexibility index (Phi) is 3.60. The Bertz CT molecular complexity index is 471. The van der Waals surface area contributed by atoms with E-state index in [2.05, 4.69) is 0 Å². The molecule has 0 saturated carbocycles. The van der Waals surface area contributed by atoms with Gasteiger partial charge in [0.05, 0.1) is 0 Å². The van der Waals surface area contributed by atoms with Gasteiger partial charge in [-0.3, -0.25) is 9.59 Å². The molecule has 0 aromatic heterocycles. The maximum absolute atomic E-state index is 12.0. The van der Waals surface area contributed by atoms with Gasteiger partial charge in [0.15, 0.2) is 5.78 Å². The molecule has 17 heavy (non-hydrogen) atoms. The first-order valence-corrected chi connectivity index (χ1v) is 4.71. The topological polar surface area (TPSA) is 46.2 Å². The lowest BCUT2D eigenvalue weighted by atomic mass is 9.92. The summed E-state index contributed by atoms with van der Waals surface area (Å²) in [4.78, 5) is 21.8. The van der Waals surface area contributed by atoms with Crippen LogP contribution in [0.25, 0.3) is 0 Å². The molecule has 90 valence electrons. The summed E-state index contributed by atoms with van der Waals surface area (Å²) in [5, 5.41) is 1.70. The van der Waals surface area contributed by atoms with Crippen molar-refractivity contribution in [2.75, 3.05) is 5.32 Å². The zero-order valence-electron chi connectivity index (χ0n) is 9.18. The smallest absolute Gasteiger partial charge is 0.318 e. The summed E-state index contributed by atoms with van der Waals surface area (Å²) in [6.45, 7) is 1.30. The van der Waals surface area contributed by atoms with Crippen molar-refractivity contribution in [3.63, 3.8) is 0 Å². The Hall–Kier alpha value is -1.79. The number of halogens is 3. The molecule has 0 atom stereocenters. The zero-order chi connectivity index (χ0) is 13.2. The summed E-state index contributed by atoms with van der Waals surface area (Å²) in [5.74, 6) is -2.34. The minimum absolute atomic E-state index is 0.0440. The van der Waals surface area contributed by atoms with Crippen molar-refractivity contribution in [1.82, 2.24) is 0 Å². The fraction of sp³-hybridized carbons (Fsp3) is 0.200. The average molecular weight is 243 g/mol. The second-order valence-electron chi connectivity index (χ2n) is 3.60. The first-order valence-electron chi connectivity index (χ1n) is 4.71. The number of carbonyl (C=O) groups excluding carboxylic acids is 2. The molecule has 1 amide bonds. The predicted octanol–water partition coefficient (Wildman–Crippen LogP) is 0.648. The van der Waals surface area contributed by atoms with Crippen LogP contribution in [0.3, 0.4) is 0 Å². The molecule has 0 unspecified atom stereocenters. The van der Waals surface area contributed by atoms with Crippen LogP contribution < -0.4 is 10.8 Å². The monoisotopic (exact) mass is 243 g/mol. The van der Waals surface area contributed by atoms with Gasteiger partial charge in [0.2, 0.25) is 0 Å². The molecule has 0 aliphatic rings. The Morgan fingerprint density at radius 1 is 1.24 bits per heavy atom. The average Bonchev–Trinajstić information content (AvgIpc) is 2.14. The van der Waals surface area contributed by atoms with Crippen molar-refractivity contribution in [1.29, 1.82) is 0 Å². The number of Topliss-reactive ketones (excluding diaryl/α,β-unsaturated/α-hetero) is 1. The SMILES string of the molecule is Bc1cc(NC(=O)C(F)(F)F)cc(C(C)=O)c1. The Labute approximate surface area is 96.4 Å². The minimum Gasteiger partial charge on any atom is -0.318 e. The lowest BCUT2D eigenvalue weighted by Crippen LogP contribution is -2.30. The molecule has 0 spiro atoms. The van der Waals surface area contributed by atoms with Gasteiger partial charge in [-0.15, -0.1) is 0 Å². The molecule has 0 heterocycles. The summed E-state index contributed by atoms with van der Waals surface area (Å²) in [5.41, 5.74) is 0.801. The van der Waals surface area contributed by atoms with Crippen LogP contribution >= 0.6 is 0 Å². The van der Waals surface area contributed by atoms with Crippen molar-refractivity contribution < 1.29 is 22.8 Å². The van der Waals surface area contributed by atoms with Gasteiger partial charge >= 0.3 is 12.1 Å². The molecule has 0 aliphatic carbocycles. The van der Waals surface area contributed by atoms with Gasteiger partial charge in [-0.2, -0.15) is 13.2 Å². The lowest BCUT2D eigenvalue weighted by Gasteiger charge is -2.09. The molecule has 3 nitrogen and oxygen atoms in total. The van der Waals surface area contributed by atoms with Crippen molar-refractivity contribution in [3.05, 3.63) is 23.8 Å². The van der Waals surface area contributed by atoms with Gasteiger partial charge in [0, 0.05) is 11.3 Å². The van der Waals surface area contributed by atoms with E-state index in [0.717, 1.165) is 0 Å². The van der Waals surface area contributed by atoms with E-state index < -0.39 is 12.1 Å². The fourth-order valence-electron chi connectivity index (χ4n) is 1.26. The van der Waals surface area contributed by atoms with Crippen molar-refractivity contribution in [2.24, 2.45) is 0 Å². The van der Waals surface area contributed by atoms with Crippen molar-refractivity contribution in [2.45, 2.75) is 13.1 Å². The van der Waals surface area contributed by atoms with Crippen LogP contribution in [-0.2, 0) is 4.79 Å². The van der Waals surface area contributed by atoms with E-state index in [-0.39, 0.29) is 17.0 Å². The molecular weight excluding hydrogens is 234 g/mol. The van der Waals surface area contributed by atoms with Gasteiger partial charge in [-0.1, -0.05) is 11.5 Å². The standard InChI is InChI=1S/C10H9BF3NO2/c1-5(16)6-2-7(11)4-8(3-6)15-9(17)10(12,13)14/h2-4H,11H2,1H3,(H,15,17). The number of nitrogens with one attached hydrogen (secondary N) is 1. The van der Waals surface area contributed by atoms with Gasteiger partial charge in [0.1, 0.15) is 7.85 Å². The number of ketones is 1. The molecule has 1 aromatic rings. The first-order chi connectivity index (χ1) is 7.70. The molecule has 0 saturated heterocycles. The fourth-order valence-corrected chi connectivity index (χ4v) is 1.26. The largest absolute Gasteiger partial charge is 0.471 e. The predicted molar refractivity (Wildman–Crippen MR) is 59.3 cm³/mol. The number of anilines is 1. The van der Waals surface area contributed by atoms with Crippen LogP contribution in [0.15, 0.2) is 18.2 Å². The third kappa shape index (κ3) is 3.62. The summed E-state index contributed by atoms with van der Waals surface area (Å²) in [6.07, 6.45) is -4.94. The lowest BCUT2D eigenvalue weighted by molar-refractivity contribution is -0.167. The molecule has 0 bridgehead atoms. The van der Waals surface area contributed by atoms with E-state index in [1.807, 2.05) is 0 Å². The van der Waals surface area contributed by atoms with Crippen LogP contribution in [0, 0.1) is 0 Å². The van der Waals surface area contributed by atoms with Crippen LogP contribution in [0.4, 0.5) is 18.9 Å². The highest BCUT2D eigenvalue weighted by atomic mass is 19.4. The molecular formula is C10H9BF3NO2. The van der Waals surface area contributed by atoms with Crippen molar-refractivity contribution in [3.8, 4) is 0 Å². The molecule has 0 fully saturated rings. The second-order valence-corrected chi connectivity index (χ2v) is 3.60. The van der Waals surface area contributed by atoms with Crippen LogP contribution in [0.5, 0.6) is 0 Å². The molecule has 1 rings (SSSR count). The highest BCUT2D eigenvalue weighted by Crippen LogP contribution is 2.18. The summed E-state index contributed by atoms with van der Waals surface area (Å²) in [7, 11) is 1.62. The number of carbonyl (C=O) groups is 2. The molecule has 0 aliphatic heterocycles. The van der Waals surface area contributed by atoms with Crippen LogP contribution in [-0.4, -0.2) is 25.7 Å². The molecule has 1 N–H and O–H groups in total. The molecule has 7 heteroatoms. The van der Waals surface area contributed by atoms with E-state index >= 15 is 0 Å². The number of hydrogen-bond acceptors (Lipinski definition) is 2. The van der Waals surface area contributed by atoms with Gasteiger partial charge in [-0.25, -0.2) is 0 Å². The quantitative estimate of drug-likeness (QED) is 0.612. The normalized spacial score (nSPS) is 11.1. The third-order valence-electron chi connectivity index (χ3n) is 2.00. The Balaban J connectivity index is 3.00. The van der Waals surface area contributed by atoms with Crippen LogP contribution in [0.1, 0.15) is 17.3 Å². The first kappa shape index (κ1) is 13.3. The number of hydrogen-bond donors (Lipinski definition) is 1. The number of benzene rings is 1. The highest BCUT2D eigenvalue weighted by Gasteiger charge is 2.38. The summed E-state index contributed by atoms with van der Waals surface area (Å²) < 4.78 is 36.0. The maximum Gasteiger partial charge on any atom is 0.471 e. The minimum atomic E-state index is -4.94. The van der Waals surface area contributed by atoms with E-state index in [1.165, 1.54) is 25.1 Å². The van der Waals surface area contributed by atoms with E-state index in [0.29, 0.717) is 5.46 Å². The highest BCUT2D eigenvalue weighted by molar-refractivity contribution is 6.33. The molecule has 1 aromatic carbocycles. The Morgan fingerprint density at radius 3 is 2.29 bits per heavy atom. The van der Waals surface area contributed by atoms with E-state index in [4.69, 9.17) is 0 Å². The Morgan fingerprint density at radius 2 is 1.82 bits per heavy atom. The van der Waals surface area contributed by atoms with E-state index in [9.17, 15) is 22.8 Å².